The van der Waals surface area contributed by atoms with E-state index >= 15 is 0 Å². The van der Waals surface area contributed by atoms with Gasteiger partial charge in [0.25, 0.3) is 0 Å². The first-order valence-electron chi connectivity index (χ1n) is 9.28. The zero-order chi connectivity index (χ0) is 26.7. The van der Waals surface area contributed by atoms with Crippen LogP contribution < -0.4 is 0 Å². The summed E-state index contributed by atoms with van der Waals surface area (Å²) in [4.78, 5) is 35.9. The van der Waals surface area contributed by atoms with E-state index in [-0.39, 0.29) is 12.0 Å². The molecule has 1 rings (SSSR count). The number of carbonyl (C=O) groups excluding carboxylic acids is 3. The smallest absolute Gasteiger partial charge is 0.456 e. The van der Waals surface area contributed by atoms with Crippen molar-refractivity contribution in [3.05, 3.63) is 12.2 Å². The molecule has 0 spiro atoms. The van der Waals surface area contributed by atoms with E-state index in [2.05, 4.69) is 16.1 Å². The molecule has 1 fully saturated rings. The Balaban J connectivity index is 2.97. The van der Waals surface area contributed by atoms with Crippen LogP contribution in [0.4, 0.5) is 43.9 Å². The molecule has 34 heavy (non-hydrogen) atoms. The van der Waals surface area contributed by atoms with Crippen LogP contribution >= 0.6 is 0 Å². The Kier molecular flexibility index (Phi) is 9.00. The fourth-order valence-corrected chi connectivity index (χ4v) is 2.70. The number of alkyl halides is 10. The largest absolute Gasteiger partial charge is 0.459 e. The van der Waals surface area contributed by atoms with Crippen LogP contribution in [0.1, 0.15) is 26.2 Å². The molecule has 0 aliphatic heterocycles. The van der Waals surface area contributed by atoms with Crippen molar-refractivity contribution in [1.82, 2.24) is 0 Å². The molecule has 0 bridgehead atoms. The number of hydrogen-bond donors (Lipinski definition) is 0. The lowest BCUT2D eigenvalue weighted by Gasteiger charge is -2.33. The molecule has 0 aromatic rings. The van der Waals surface area contributed by atoms with Gasteiger partial charge in [0.1, 0.15) is 6.10 Å². The number of halogens is 10. The highest BCUT2D eigenvalue weighted by Crippen LogP contribution is 2.39. The summed E-state index contributed by atoms with van der Waals surface area (Å²) < 4.78 is 138. The van der Waals surface area contributed by atoms with Crippen LogP contribution in [0.2, 0.25) is 0 Å². The summed E-state index contributed by atoms with van der Waals surface area (Å²) in [7, 11) is 0. The zero-order valence-corrected chi connectivity index (χ0v) is 17.2. The lowest BCUT2D eigenvalue weighted by molar-refractivity contribution is -0.295. The van der Waals surface area contributed by atoms with Gasteiger partial charge in [-0.25, -0.2) is 4.79 Å². The molecule has 16 heteroatoms. The first kappa shape index (κ1) is 29.5. The molecule has 1 aliphatic carbocycles. The molecule has 3 unspecified atom stereocenters. The van der Waals surface area contributed by atoms with Gasteiger partial charge in [0.05, 0.1) is 11.8 Å². The van der Waals surface area contributed by atoms with Crippen molar-refractivity contribution >= 4 is 17.9 Å². The minimum atomic E-state index is -6.07. The Bertz CT molecular complexity index is 789. The van der Waals surface area contributed by atoms with Gasteiger partial charge in [-0.3, -0.25) is 9.59 Å². The second kappa shape index (κ2) is 10.4. The van der Waals surface area contributed by atoms with Gasteiger partial charge in [-0.05, 0) is 26.2 Å². The van der Waals surface area contributed by atoms with Crippen molar-refractivity contribution in [1.29, 1.82) is 0 Å². The highest BCUT2D eigenvalue weighted by Gasteiger charge is 2.59. The van der Waals surface area contributed by atoms with Crippen LogP contribution in [0, 0.1) is 11.8 Å². The third-order valence-electron chi connectivity index (χ3n) is 4.65. The van der Waals surface area contributed by atoms with Gasteiger partial charge in [0, 0.05) is 5.57 Å². The van der Waals surface area contributed by atoms with Crippen molar-refractivity contribution in [2.24, 2.45) is 11.8 Å². The average molecular weight is 520 g/mol. The van der Waals surface area contributed by atoms with Gasteiger partial charge in [-0.15, -0.1) is 0 Å². The minimum Gasteiger partial charge on any atom is -0.459 e. The average Bonchev–Trinajstić information content (AvgIpc) is 2.68. The molecule has 0 saturated heterocycles. The lowest BCUT2D eigenvalue weighted by Crippen LogP contribution is -2.45. The predicted octanol–water partition coefficient (Wildman–Crippen LogP) is 4.37. The van der Waals surface area contributed by atoms with E-state index in [1.54, 1.807) is 0 Å². The van der Waals surface area contributed by atoms with Crippen molar-refractivity contribution < 1.29 is 72.5 Å². The predicted molar refractivity (Wildman–Crippen MR) is 89.4 cm³/mol. The molecule has 3 atom stereocenters. The number of rotatable bonds is 8. The third kappa shape index (κ3) is 7.48. The number of carbonyl (C=O) groups is 3. The highest BCUT2D eigenvalue weighted by molar-refractivity contribution is 5.87. The van der Waals surface area contributed by atoms with Crippen LogP contribution in [0.25, 0.3) is 0 Å². The molecule has 0 heterocycles. The maximum absolute atomic E-state index is 13.0. The Morgan fingerprint density at radius 2 is 1.24 bits per heavy atom. The van der Waals surface area contributed by atoms with Crippen molar-refractivity contribution in [2.75, 3.05) is 13.2 Å². The molecule has 1 saturated carbocycles. The highest BCUT2D eigenvalue weighted by atomic mass is 19.4. The summed E-state index contributed by atoms with van der Waals surface area (Å²) in [5, 5.41) is 0. The first-order valence-corrected chi connectivity index (χ1v) is 9.28. The zero-order valence-electron chi connectivity index (χ0n) is 17.2. The summed E-state index contributed by atoms with van der Waals surface area (Å²) in [6, 6.07) is 0. The second-order valence-electron chi connectivity index (χ2n) is 7.46. The van der Waals surface area contributed by atoms with Gasteiger partial charge < -0.3 is 14.2 Å². The monoisotopic (exact) mass is 520 g/mol. The quantitative estimate of drug-likeness (QED) is 0.205. The molecular formula is C18H18F10O6. The maximum atomic E-state index is 13.0. The molecule has 0 aromatic carbocycles. The Morgan fingerprint density at radius 1 is 0.794 bits per heavy atom. The van der Waals surface area contributed by atoms with E-state index in [0.717, 1.165) is 0 Å². The van der Waals surface area contributed by atoms with Crippen molar-refractivity contribution in [2.45, 2.75) is 56.5 Å². The van der Waals surface area contributed by atoms with Crippen LogP contribution in [0.15, 0.2) is 12.2 Å². The summed E-state index contributed by atoms with van der Waals surface area (Å²) in [6.07, 6.45) is -15.2. The maximum Gasteiger partial charge on any atom is 0.456 e. The minimum absolute atomic E-state index is 0.188. The van der Waals surface area contributed by atoms with E-state index < -0.39 is 86.1 Å². The second-order valence-corrected chi connectivity index (χ2v) is 7.46. The summed E-state index contributed by atoms with van der Waals surface area (Å²) in [5.74, 6) is -18.7. The Hall–Kier alpha value is -2.55. The van der Waals surface area contributed by atoms with Gasteiger partial charge >= 0.3 is 42.1 Å². The molecule has 6 nitrogen and oxygen atoms in total. The summed E-state index contributed by atoms with van der Waals surface area (Å²) >= 11 is 0. The number of esters is 3. The van der Waals surface area contributed by atoms with Crippen LogP contribution in [-0.4, -0.2) is 61.4 Å². The molecule has 0 N–H and O–H groups in total. The third-order valence-corrected chi connectivity index (χ3v) is 4.65. The van der Waals surface area contributed by atoms with E-state index in [4.69, 9.17) is 4.74 Å². The standard InChI is InChI=1S/C18H18F10O6/c1-8(2)12(29)34-11-4-3-9(13(30)32-6-15(19,20)17(23,24)25)5-10(11)14(31)33-7-16(21,22)18(26,27)28/h9-11H,1,3-7H2,2H3. The SMILES string of the molecule is C=C(C)C(=O)OC1CCC(C(=O)OCC(F)(F)C(F)(F)F)CC1C(=O)OCC(F)(F)C(F)(F)F. The molecule has 196 valence electrons. The number of hydrogen-bond acceptors (Lipinski definition) is 6. The molecule has 1 aliphatic rings. The van der Waals surface area contributed by atoms with Crippen molar-refractivity contribution in [3.63, 3.8) is 0 Å². The van der Waals surface area contributed by atoms with E-state index in [0.29, 0.717) is 0 Å². The van der Waals surface area contributed by atoms with E-state index in [9.17, 15) is 58.3 Å². The molecule has 0 radical (unpaired) electrons. The van der Waals surface area contributed by atoms with E-state index in [1.165, 1.54) is 6.92 Å². The normalized spacial score (nSPS) is 22.0. The van der Waals surface area contributed by atoms with Gasteiger partial charge in [-0.1, -0.05) is 6.58 Å². The van der Waals surface area contributed by atoms with Crippen LogP contribution in [-0.2, 0) is 28.6 Å². The summed E-state index contributed by atoms with van der Waals surface area (Å²) in [6.45, 7) is -0.398. The lowest BCUT2D eigenvalue weighted by atomic mass is 9.79. The van der Waals surface area contributed by atoms with Crippen LogP contribution in [0.3, 0.4) is 0 Å². The van der Waals surface area contributed by atoms with Gasteiger partial charge in [0.15, 0.2) is 13.2 Å². The number of ether oxygens (including phenoxy) is 3. The molecule has 0 aromatic heterocycles. The Morgan fingerprint density at radius 3 is 1.65 bits per heavy atom. The molecular weight excluding hydrogens is 502 g/mol. The topological polar surface area (TPSA) is 78.9 Å². The van der Waals surface area contributed by atoms with E-state index in [1.807, 2.05) is 0 Å². The van der Waals surface area contributed by atoms with Crippen LogP contribution in [0.5, 0.6) is 0 Å². The van der Waals surface area contributed by atoms with Gasteiger partial charge in [0.2, 0.25) is 0 Å². The van der Waals surface area contributed by atoms with Gasteiger partial charge in [-0.2, -0.15) is 43.9 Å². The first-order chi connectivity index (χ1) is 15.2. The summed E-state index contributed by atoms with van der Waals surface area (Å²) in [5.41, 5.74) is -0.188. The fraction of sp³-hybridized carbons (Fsp3) is 0.722. The Labute approximate surface area is 185 Å². The fourth-order valence-electron chi connectivity index (χ4n) is 2.70. The van der Waals surface area contributed by atoms with Crippen molar-refractivity contribution in [3.8, 4) is 0 Å². The molecule has 0 amide bonds.